The van der Waals surface area contributed by atoms with Gasteiger partial charge in [-0.1, -0.05) is 0 Å². The van der Waals surface area contributed by atoms with Crippen molar-refractivity contribution in [3.63, 3.8) is 0 Å². The molecule has 1 aliphatic rings. The maximum atomic E-state index is 4.18. The highest BCUT2D eigenvalue weighted by Gasteiger charge is 2.23. The molecule has 0 spiro atoms. The zero-order valence-corrected chi connectivity index (χ0v) is 8.12. The molecule has 2 heterocycles. The van der Waals surface area contributed by atoms with E-state index in [0.29, 0.717) is 12.1 Å². The molecule has 0 aliphatic carbocycles. The van der Waals surface area contributed by atoms with Crippen molar-refractivity contribution in [2.45, 2.75) is 19.0 Å². The average Bonchev–Trinajstić information content (AvgIpc) is 2.52. The summed E-state index contributed by atoms with van der Waals surface area (Å²) in [5.41, 5.74) is 1.25. The Morgan fingerprint density at radius 2 is 2.23 bits per heavy atom. The van der Waals surface area contributed by atoms with Crippen LogP contribution in [0.25, 0.3) is 0 Å². The van der Waals surface area contributed by atoms with Gasteiger partial charge in [-0.2, -0.15) is 5.10 Å². The lowest BCUT2D eigenvalue weighted by atomic mass is 10.0. The van der Waals surface area contributed by atoms with Gasteiger partial charge in [0, 0.05) is 32.4 Å². The van der Waals surface area contributed by atoms with Crippen LogP contribution in [0, 0.1) is 0 Å². The molecule has 1 aromatic rings. The van der Waals surface area contributed by atoms with E-state index < -0.39 is 0 Å². The summed E-state index contributed by atoms with van der Waals surface area (Å²) < 4.78 is 1.93. The number of hydrogen-bond acceptors (Lipinski definition) is 3. The van der Waals surface area contributed by atoms with E-state index in [1.54, 1.807) is 0 Å². The Morgan fingerprint density at radius 1 is 1.46 bits per heavy atom. The lowest BCUT2D eigenvalue weighted by Crippen LogP contribution is -2.49. The third-order valence-corrected chi connectivity index (χ3v) is 2.63. The van der Waals surface area contributed by atoms with Crippen LogP contribution in [0.5, 0.6) is 0 Å². The van der Waals surface area contributed by atoms with Crippen molar-refractivity contribution in [2.24, 2.45) is 7.05 Å². The van der Waals surface area contributed by atoms with Gasteiger partial charge in [-0.25, -0.2) is 0 Å². The van der Waals surface area contributed by atoms with Crippen molar-refractivity contribution in [3.05, 3.63) is 18.0 Å². The van der Waals surface area contributed by atoms with Gasteiger partial charge in [0.05, 0.1) is 11.7 Å². The zero-order valence-electron chi connectivity index (χ0n) is 8.12. The van der Waals surface area contributed by atoms with E-state index in [1.807, 2.05) is 17.9 Å². The topological polar surface area (TPSA) is 41.9 Å². The second kappa shape index (κ2) is 3.47. The van der Waals surface area contributed by atoms with Crippen LogP contribution < -0.4 is 10.6 Å². The minimum Gasteiger partial charge on any atom is -0.311 e. The van der Waals surface area contributed by atoms with E-state index in [1.165, 1.54) is 5.69 Å². The predicted molar refractivity (Wildman–Crippen MR) is 51.4 cm³/mol. The lowest BCUT2D eigenvalue weighted by Gasteiger charge is -2.31. The normalized spacial score (nSPS) is 29.1. The molecular formula is C9H16N4. The summed E-state index contributed by atoms with van der Waals surface area (Å²) in [6.07, 6.45) is 1.85. The Balaban J connectivity index is 2.19. The van der Waals surface area contributed by atoms with E-state index in [4.69, 9.17) is 0 Å². The highest BCUT2D eigenvalue weighted by Crippen LogP contribution is 2.17. The molecule has 72 valence electrons. The molecule has 0 aromatic carbocycles. The summed E-state index contributed by atoms with van der Waals surface area (Å²) in [5, 5.41) is 11.1. The summed E-state index contributed by atoms with van der Waals surface area (Å²) >= 11 is 0. The first-order valence-electron chi connectivity index (χ1n) is 4.73. The Bertz CT molecular complexity index is 281. The highest BCUT2D eigenvalue weighted by atomic mass is 15.3. The van der Waals surface area contributed by atoms with E-state index >= 15 is 0 Å². The van der Waals surface area contributed by atoms with Crippen LogP contribution in [0.15, 0.2) is 12.3 Å². The molecule has 2 N–H and O–H groups in total. The molecule has 1 aliphatic heterocycles. The second-order valence-electron chi connectivity index (χ2n) is 3.55. The van der Waals surface area contributed by atoms with Crippen molar-refractivity contribution in [2.75, 3.05) is 13.1 Å². The molecule has 2 unspecified atom stereocenters. The molecule has 4 nitrogen and oxygen atoms in total. The molecule has 2 atom stereocenters. The zero-order chi connectivity index (χ0) is 9.26. The molecule has 0 amide bonds. The van der Waals surface area contributed by atoms with Crippen LogP contribution in [0.3, 0.4) is 0 Å². The molecule has 0 saturated carbocycles. The molecule has 2 rings (SSSR count). The van der Waals surface area contributed by atoms with Gasteiger partial charge in [-0.15, -0.1) is 0 Å². The van der Waals surface area contributed by atoms with Gasteiger partial charge in [-0.3, -0.25) is 4.68 Å². The van der Waals surface area contributed by atoms with Gasteiger partial charge >= 0.3 is 0 Å². The number of hydrogen-bond donors (Lipinski definition) is 2. The highest BCUT2D eigenvalue weighted by molar-refractivity contribution is 5.10. The number of piperazine rings is 1. The molecule has 0 bridgehead atoms. The Kier molecular flexibility index (Phi) is 2.33. The fraction of sp³-hybridized carbons (Fsp3) is 0.667. The fourth-order valence-electron chi connectivity index (χ4n) is 1.87. The van der Waals surface area contributed by atoms with Crippen molar-refractivity contribution >= 4 is 0 Å². The van der Waals surface area contributed by atoms with Gasteiger partial charge < -0.3 is 10.6 Å². The minimum atomic E-state index is 0.390. The number of rotatable bonds is 1. The summed E-state index contributed by atoms with van der Waals surface area (Å²) in [5.74, 6) is 0. The van der Waals surface area contributed by atoms with Crippen LogP contribution in [0.1, 0.15) is 18.7 Å². The standard InChI is InChI=1S/C9H16N4/c1-7-9(11-6-5-10-7)8-3-4-12-13(8)2/h3-4,7,9-11H,5-6H2,1-2H3. The molecular weight excluding hydrogens is 164 g/mol. The second-order valence-corrected chi connectivity index (χ2v) is 3.55. The third-order valence-electron chi connectivity index (χ3n) is 2.63. The molecule has 4 heteroatoms. The van der Waals surface area contributed by atoms with E-state index in [2.05, 4.69) is 28.7 Å². The van der Waals surface area contributed by atoms with Crippen LogP contribution in [0.4, 0.5) is 0 Å². The number of nitrogens with one attached hydrogen (secondary N) is 2. The minimum absolute atomic E-state index is 0.390. The maximum Gasteiger partial charge on any atom is 0.0645 e. The Labute approximate surface area is 78.3 Å². The molecule has 1 saturated heterocycles. The van der Waals surface area contributed by atoms with Gasteiger partial charge in [0.2, 0.25) is 0 Å². The Morgan fingerprint density at radius 3 is 2.85 bits per heavy atom. The molecule has 0 radical (unpaired) electrons. The average molecular weight is 180 g/mol. The van der Waals surface area contributed by atoms with Crippen LogP contribution in [-0.4, -0.2) is 28.9 Å². The predicted octanol–water partition coefficient (Wildman–Crippen LogP) is 0.0425. The quantitative estimate of drug-likeness (QED) is 0.641. The van der Waals surface area contributed by atoms with Crippen LogP contribution in [-0.2, 0) is 7.05 Å². The summed E-state index contributed by atoms with van der Waals surface area (Å²) in [4.78, 5) is 0. The van der Waals surface area contributed by atoms with Crippen molar-refractivity contribution in [3.8, 4) is 0 Å². The molecule has 13 heavy (non-hydrogen) atoms. The van der Waals surface area contributed by atoms with E-state index in [-0.39, 0.29) is 0 Å². The van der Waals surface area contributed by atoms with Gasteiger partial charge in [-0.05, 0) is 13.0 Å². The summed E-state index contributed by atoms with van der Waals surface area (Å²) in [7, 11) is 1.98. The lowest BCUT2D eigenvalue weighted by molar-refractivity contribution is 0.332. The van der Waals surface area contributed by atoms with E-state index in [9.17, 15) is 0 Å². The largest absolute Gasteiger partial charge is 0.311 e. The van der Waals surface area contributed by atoms with Crippen molar-refractivity contribution < 1.29 is 0 Å². The van der Waals surface area contributed by atoms with Crippen molar-refractivity contribution in [1.29, 1.82) is 0 Å². The smallest absolute Gasteiger partial charge is 0.0645 e. The Hall–Kier alpha value is -0.870. The first kappa shape index (κ1) is 8.72. The van der Waals surface area contributed by atoms with Crippen LogP contribution >= 0.6 is 0 Å². The van der Waals surface area contributed by atoms with Gasteiger partial charge in [0.25, 0.3) is 0 Å². The summed E-state index contributed by atoms with van der Waals surface area (Å²) in [6.45, 7) is 4.28. The number of aromatic nitrogens is 2. The van der Waals surface area contributed by atoms with Gasteiger partial charge in [0.15, 0.2) is 0 Å². The molecule has 1 fully saturated rings. The van der Waals surface area contributed by atoms with E-state index in [0.717, 1.165) is 13.1 Å². The SMILES string of the molecule is CC1NCCNC1c1ccnn1C. The van der Waals surface area contributed by atoms with Crippen molar-refractivity contribution in [1.82, 2.24) is 20.4 Å². The first-order chi connectivity index (χ1) is 6.29. The van der Waals surface area contributed by atoms with Crippen LogP contribution in [0.2, 0.25) is 0 Å². The summed E-state index contributed by atoms with van der Waals surface area (Å²) in [6, 6.07) is 2.94. The monoisotopic (exact) mass is 180 g/mol. The number of aryl methyl sites for hydroxylation is 1. The number of nitrogens with zero attached hydrogens (tertiary/aromatic N) is 2. The fourth-order valence-corrected chi connectivity index (χ4v) is 1.87. The maximum absolute atomic E-state index is 4.18. The third kappa shape index (κ3) is 1.59. The van der Waals surface area contributed by atoms with Gasteiger partial charge in [0.1, 0.15) is 0 Å². The molecule has 1 aromatic heterocycles. The first-order valence-corrected chi connectivity index (χ1v) is 4.73.